The molecular formula is C22H31N3O3. The van der Waals surface area contributed by atoms with Crippen molar-refractivity contribution in [3.8, 4) is 0 Å². The molecule has 0 atom stereocenters. The van der Waals surface area contributed by atoms with E-state index < -0.39 is 0 Å². The van der Waals surface area contributed by atoms with E-state index in [2.05, 4.69) is 4.90 Å². The van der Waals surface area contributed by atoms with E-state index in [-0.39, 0.29) is 30.4 Å². The lowest BCUT2D eigenvalue weighted by atomic mass is 10.0. The molecule has 0 spiro atoms. The van der Waals surface area contributed by atoms with Crippen molar-refractivity contribution in [2.24, 2.45) is 0 Å². The lowest BCUT2D eigenvalue weighted by Crippen LogP contribution is -2.52. The number of aryl methyl sites for hydroxylation is 1. The van der Waals surface area contributed by atoms with Gasteiger partial charge in [0, 0.05) is 57.7 Å². The van der Waals surface area contributed by atoms with Gasteiger partial charge in [-0.15, -0.1) is 0 Å². The van der Waals surface area contributed by atoms with Crippen LogP contribution in [0.5, 0.6) is 0 Å². The highest BCUT2D eigenvalue weighted by molar-refractivity contribution is 5.98. The zero-order chi connectivity index (χ0) is 19.9. The number of nitrogens with zero attached hydrogens (tertiary/aromatic N) is 3. The molecule has 28 heavy (non-hydrogen) atoms. The first kappa shape index (κ1) is 20.5. The van der Waals surface area contributed by atoms with E-state index in [4.69, 9.17) is 0 Å². The molecular weight excluding hydrogens is 354 g/mol. The van der Waals surface area contributed by atoms with Crippen LogP contribution in [0, 0.1) is 6.92 Å². The van der Waals surface area contributed by atoms with Gasteiger partial charge in [-0.05, 0) is 26.2 Å². The number of piperidine rings is 1. The molecule has 2 aliphatic rings. The number of benzene rings is 1. The first-order valence-electron chi connectivity index (χ1n) is 10.4. The van der Waals surface area contributed by atoms with Crippen molar-refractivity contribution in [1.82, 2.24) is 14.7 Å². The molecule has 0 radical (unpaired) electrons. The molecule has 1 aromatic rings. The van der Waals surface area contributed by atoms with Gasteiger partial charge >= 0.3 is 0 Å². The summed E-state index contributed by atoms with van der Waals surface area (Å²) in [6.07, 6.45) is 3.93. The number of amides is 2. The van der Waals surface area contributed by atoms with Gasteiger partial charge in [-0.1, -0.05) is 29.8 Å². The van der Waals surface area contributed by atoms with E-state index in [9.17, 15) is 14.4 Å². The third kappa shape index (κ3) is 5.64. The predicted octanol–water partition coefficient (Wildman–Crippen LogP) is 2.11. The molecule has 152 valence electrons. The van der Waals surface area contributed by atoms with Gasteiger partial charge in [0.25, 0.3) is 0 Å². The molecule has 3 rings (SSSR count). The summed E-state index contributed by atoms with van der Waals surface area (Å²) in [6.45, 7) is 6.90. The number of carbonyl (C=O) groups is 3. The van der Waals surface area contributed by atoms with Crippen LogP contribution in [0.25, 0.3) is 0 Å². The molecule has 1 aromatic carbocycles. The Morgan fingerprint density at radius 3 is 2.00 bits per heavy atom. The Hall–Kier alpha value is -2.21. The molecule has 6 heteroatoms. The highest BCUT2D eigenvalue weighted by Crippen LogP contribution is 2.12. The topological polar surface area (TPSA) is 60.9 Å². The molecule has 0 bridgehead atoms. The molecule has 0 N–H and O–H groups in total. The zero-order valence-electron chi connectivity index (χ0n) is 16.9. The first-order chi connectivity index (χ1) is 13.5. The Bertz CT molecular complexity index is 687. The monoisotopic (exact) mass is 385 g/mol. The van der Waals surface area contributed by atoms with Gasteiger partial charge in [-0.3, -0.25) is 19.3 Å². The number of hydrogen-bond acceptors (Lipinski definition) is 4. The Balaban J connectivity index is 1.38. The smallest absolute Gasteiger partial charge is 0.236 e. The number of piperazine rings is 1. The SMILES string of the molecule is Cc1ccc(C(=O)CCC(=O)N2CCN(CC(=O)N3CCCCC3)CC2)cc1. The fourth-order valence-electron chi connectivity index (χ4n) is 3.85. The van der Waals surface area contributed by atoms with Crippen molar-refractivity contribution in [3.05, 3.63) is 35.4 Å². The van der Waals surface area contributed by atoms with Crippen LogP contribution in [0.2, 0.25) is 0 Å². The zero-order valence-corrected chi connectivity index (χ0v) is 16.9. The minimum atomic E-state index is 0.0131. The maximum absolute atomic E-state index is 12.4. The lowest BCUT2D eigenvalue weighted by Gasteiger charge is -2.36. The Morgan fingerprint density at radius 2 is 1.36 bits per heavy atom. The number of hydrogen-bond donors (Lipinski definition) is 0. The minimum absolute atomic E-state index is 0.0131. The molecule has 0 aliphatic carbocycles. The normalized spacial score (nSPS) is 18.2. The molecule has 0 saturated carbocycles. The highest BCUT2D eigenvalue weighted by Gasteiger charge is 2.25. The molecule has 2 aliphatic heterocycles. The standard InChI is InChI=1S/C22H31N3O3/c1-18-5-7-19(8-6-18)20(26)9-10-21(27)25-15-13-23(14-16-25)17-22(28)24-11-3-2-4-12-24/h5-8H,2-4,9-17H2,1H3. The van der Waals surface area contributed by atoms with Crippen LogP contribution >= 0.6 is 0 Å². The molecule has 6 nitrogen and oxygen atoms in total. The summed E-state index contributed by atoms with van der Waals surface area (Å²) < 4.78 is 0. The van der Waals surface area contributed by atoms with Gasteiger partial charge in [0.05, 0.1) is 6.54 Å². The number of Topliss-reactive ketones (excluding diaryl/α,β-unsaturated/α-hetero) is 1. The quantitative estimate of drug-likeness (QED) is 0.704. The van der Waals surface area contributed by atoms with E-state index in [0.29, 0.717) is 25.2 Å². The molecule has 0 unspecified atom stereocenters. The predicted molar refractivity (Wildman–Crippen MR) is 108 cm³/mol. The van der Waals surface area contributed by atoms with Gasteiger partial charge in [0.2, 0.25) is 11.8 Å². The fourth-order valence-corrected chi connectivity index (χ4v) is 3.85. The van der Waals surface area contributed by atoms with Crippen LogP contribution in [-0.4, -0.2) is 78.1 Å². The third-order valence-electron chi connectivity index (χ3n) is 5.73. The fraction of sp³-hybridized carbons (Fsp3) is 0.591. The first-order valence-corrected chi connectivity index (χ1v) is 10.4. The number of rotatable bonds is 6. The molecule has 2 fully saturated rings. The van der Waals surface area contributed by atoms with Crippen molar-refractivity contribution < 1.29 is 14.4 Å². The van der Waals surface area contributed by atoms with Crippen LogP contribution in [0.15, 0.2) is 24.3 Å². The second-order valence-corrected chi connectivity index (χ2v) is 7.89. The molecule has 2 saturated heterocycles. The van der Waals surface area contributed by atoms with Crippen LogP contribution in [0.3, 0.4) is 0 Å². The Labute approximate surface area is 167 Å². The van der Waals surface area contributed by atoms with Crippen molar-refractivity contribution in [2.75, 3.05) is 45.8 Å². The number of ketones is 1. The number of likely N-dealkylation sites (tertiary alicyclic amines) is 1. The minimum Gasteiger partial charge on any atom is -0.342 e. The van der Waals surface area contributed by atoms with E-state index in [0.717, 1.165) is 44.6 Å². The largest absolute Gasteiger partial charge is 0.342 e. The van der Waals surface area contributed by atoms with Crippen LogP contribution in [0.1, 0.15) is 48.0 Å². The summed E-state index contributed by atoms with van der Waals surface area (Å²) in [5.74, 6) is 0.254. The van der Waals surface area contributed by atoms with E-state index in [1.165, 1.54) is 6.42 Å². The van der Waals surface area contributed by atoms with Gasteiger partial charge in [-0.2, -0.15) is 0 Å². The van der Waals surface area contributed by atoms with Gasteiger partial charge in [0.1, 0.15) is 0 Å². The van der Waals surface area contributed by atoms with Gasteiger partial charge < -0.3 is 9.80 Å². The van der Waals surface area contributed by atoms with Crippen molar-refractivity contribution in [3.63, 3.8) is 0 Å². The summed E-state index contributed by atoms with van der Waals surface area (Å²) in [5, 5.41) is 0. The summed E-state index contributed by atoms with van der Waals surface area (Å²) in [5.41, 5.74) is 1.78. The van der Waals surface area contributed by atoms with E-state index in [1.807, 2.05) is 41.0 Å². The van der Waals surface area contributed by atoms with Crippen molar-refractivity contribution in [2.45, 2.75) is 39.0 Å². The Morgan fingerprint density at radius 1 is 0.750 bits per heavy atom. The third-order valence-corrected chi connectivity index (χ3v) is 5.73. The van der Waals surface area contributed by atoms with E-state index in [1.54, 1.807) is 0 Å². The maximum atomic E-state index is 12.4. The second kappa shape index (κ2) is 9.82. The van der Waals surface area contributed by atoms with Crippen molar-refractivity contribution in [1.29, 1.82) is 0 Å². The lowest BCUT2D eigenvalue weighted by molar-refractivity contribution is -0.135. The molecule has 0 aromatic heterocycles. The van der Waals surface area contributed by atoms with E-state index >= 15 is 0 Å². The number of carbonyl (C=O) groups excluding carboxylic acids is 3. The molecule has 2 heterocycles. The average Bonchev–Trinajstić information content (AvgIpc) is 2.73. The van der Waals surface area contributed by atoms with Gasteiger partial charge in [-0.25, -0.2) is 0 Å². The van der Waals surface area contributed by atoms with Crippen LogP contribution in [-0.2, 0) is 9.59 Å². The van der Waals surface area contributed by atoms with Crippen LogP contribution in [0.4, 0.5) is 0 Å². The average molecular weight is 386 g/mol. The summed E-state index contributed by atoms with van der Waals surface area (Å²) >= 11 is 0. The van der Waals surface area contributed by atoms with Crippen molar-refractivity contribution >= 4 is 17.6 Å². The van der Waals surface area contributed by atoms with Crippen LogP contribution < -0.4 is 0 Å². The van der Waals surface area contributed by atoms with Gasteiger partial charge in [0.15, 0.2) is 5.78 Å². The summed E-state index contributed by atoms with van der Waals surface area (Å²) in [4.78, 5) is 43.0. The highest BCUT2D eigenvalue weighted by atomic mass is 16.2. The summed E-state index contributed by atoms with van der Waals surface area (Å²) in [7, 11) is 0. The molecule has 2 amide bonds. The summed E-state index contributed by atoms with van der Waals surface area (Å²) in [6, 6.07) is 7.47. The maximum Gasteiger partial charge on any atom is 0.236 e. The second-order valence-electron chi connectivity index (χ2n) is 7.89. The Kier molecular flexibility index (Phi) is 7.20.